The van der Waals surface area contributed by atoms with Gasteiger partial charge in [0.2, 0.25) is 5.91 Å². The summed E-state index contributed by atoms with van der Waals surface area (Å²) in [7, 11) is -16.3. The van der Waals surface area contributed by atoms with Gasteiger partial charge in [-0.3, -0.25) is 22.9 Å². The molecule has 0 aromatic carbocycles. The average Bonchev–Trinajstić information content (AvgIpc) is 3.64. The molecule has 11 N–H and O–H groups in total. The van der Waals surface area contributed by atoms with Crippen molar-refractivity contribution in [2.45, 2.75) is 55.5 Å². The maximum atomic E-state index is 12.6. The van der Waals surface area contributed by atoms with Crippen LogP contribution in [0.3, 0.4) is 0 Å². The molecule has 1 amide bonds. The van der Waals surface area contributed by atoms with Crippen LogP contribution in [0.1, 0.15) is 12.6 Å². The van der Waals surface area contributed by atoms with Gasteiger partial charge in [0, 0.05) is 18.0 Å². The predicted molar refractivity (Wildman–Crippen MR) is 153 cm³/mol. The van der Waals surface area contributed by atoms with Crippen LogP contribution in [0.5, 0.6) is 0 Å². The molecule has 0 radical (unpaired) electrons. The van der Waals surface area contributed by atoms with Crippen molar-refractivity contribution < 1.29 is 80.7 Å². The maximum Gasteiger partial charge on any atom is 0.481 e. The van der Waals surface area contributed by atoms with Gasteiger partial charge in [-0.25, -0.2) is 28.6 Å². The summed E-state index contributed by atoms with van der Waals surface area (Å²) in [4.78, 5) is 63.4. The number of phosphoric acid groups is 3. The Labute approximate surface area is 268 Å². The van der Waals surface area contributed by atoms with Gasteiger partial charge in [0.25, 0.3) is 0 Å². The Kier molecular flexibility index (Phi) is 10.6. The second-order valence-electron chi connectivity index (χ2n) is 10.4. The zero-order chi connectivity index (χ0) is 35.2. The molecular formula is C21H30N7O17P3. The van der Waals surface area contributed by atoms with E-state index in [1.165, 1.54) is 23.4 Å². The number of carbonyl (C=O) groups is 1. The summed E-state index contributed by atoms with van der Waals surface area (Å²) in [5.41, 5.74) is 11.3. The molecule has 3 aliphatic rings. The van der Waals surface area contributed by atoms with Crippen LogP contribution in [0.15, 0.2) is 36.7 Å². The highest BCUT2D eigenvalue weighted by Crippen LogP contribution is 2.61. The number of nitrogens with zero attached hydrogens (tertiary/aromatic N) is 5. The fourth-order valence-electron chi connectivity index (χ4n) is 4.93. The van der Waals surface area contributed by atoms with Gasteiger partial charge < -0.3 is 60.7 Å². The smallest absolute Gasteiger partial charge is 0.387 e. The number of hydrogen-bond acceptors (Lipinski definition) is 18. The van der Waals surface area contributed by atoms with Gasteiger partial charge in [-0.1, -0.05) is 6.08 Å². The topological polar surface area (TPSA) is 364 Å². The van der Waals surface area contributed by atoms with Crippen molar-refractivity contribution in [1.29, 1.82) is 0 Å². The summed E-state index contributed by atoms with van der Waals surface area (Å²) in [6.45, 7) is -2.02. The molecule has 27 heteroatoms. The summed E-state index contributed by atoms with van der Waals surface area (Å²) < 4.78 is 67.2. The summed E-state index contributed by atoms with van der Waals surface area (Å²) in [6, 6.07) is 0. The standard InChI is InChI=1S/C21H30N7O17P3/c22-17-12-19(25-7-24-17)28(8-26-12)21-16(44-46(33,34)35)14(30)11(43-21)6-41-48(38,39)45-47(36,37)40-5-10-13(29)15(31)20(42-10)27-3-1-2-9(4-27)18(23)32/h1,3-4,7-8,10-11,13-16,20-21,29-31H,2,5-6H2,(H2,23,32)(H,36,37)(H,38,39)(H2,22,24,25)(H2,33,34,35)/t10-,11-,13+,14-,15-,16-,20-,21-/m1/s1. The van der Waals surface area contributed by atoms with E-state index in [9.17, 15) is 53.4 Å². The number of rotatable bonds is 13. The SMILES string of the molecule is NC(=O)C1=CN([C@@H]2O[C@H](COP(=O)(O)OP(=O)(O)OC[C@H]3O[C@@H](n4cnc5c(N)ncnc54)[C@H](OP(=O)(O)O)[C@@H]3O)[C@H](O)[C@H]2O)C=CC1. The second-order valence-corrected chi connectivity index (χ2v) is 14.6. The Morgan fingerprint density at radius 1 is 0.938 bits per heavy atom. The van der Waals surface area contributed by atoms with Crippen LogP contribution in [-0.4, -0.2) is 121 Å². The van der Waals surface area contributed by atoms with Crippen molar-refractivity contribution in [3.05, 3.63) is 36.7 Å². The molecular weight excluding hydrogens is 715 g/mol. The molecule has 0 aliphatic carbocycles. The number of carbonyl (C=O) groups excluding carboxylic acids is 1. The highest BCUT2D eigenvalue weighted by Gasteiger charge is 2.51. The van der Waals surface area contributed by atoms with Crippen LogP contribution in [0, 0.1) is 0 Å². The lowest BCUT2D eigenvalue weighted by Crippen LogP contribution is -2.40. The number of fused-ring (bicyclic) bond motifs is 1. The molecule has 48 heavy (non-hydrogen) atoms. The number of aliphatic hydroxyl groups excluding tert-OH is 3. The van der Waals surface area contributed by atoms with Crippen molar-refractivity contribution >= 4 is 46.4 Å². The summed E-state index contributed by atoms with van der Waals surface area (Å²) in [5, 5.41) is 31.5. The molecule has 5 rings (SSSR count). The Bertz CT molecular complexity index is 1740. The minimum absolute atomic E-state index is 0.00424. The number of nitrogens with two attached hydrogens (primary N) is 2. The van der Waals surface area contributed by atoms with Crippen molar-refractivity contribution in [2.24, 2.45) is 5.73 Å². The molecule has 0 bridgehead atoms. The van der Waals surface area contributed by atoms with E-state index in [0.29, 0.717) is 0 Å². The van der Waals surface area contributed by atoms with Gasteiger partial charge in [-0.15, -0.1) is 0 Å². The number of phosphoric ester groups is 3. The Balaban J connectivity index is 1.20. The molecule has 2 saturated heterocycles. The quantitative estimate of drug-likeness (QED) is 0.0951. The van der Waals surface area contributed by atoms with E-state index in [4.69, 9.17) is 30.0 Å². The first-order valence-electron chi connectivity index (χ1n) is 13.5. The lowest BCUT2D eigenvalue weighted by atomic mass is 10.1. The van der Waals surface area contributed by atoms with Crippen molar-refractivity contribution in [3.63, 3.8) is 0 Å². The normalized spacial score (nSPS) is 31.9. The molecule has 2 fully saturated rings. The lowest BCUT2D eigenvalue weighted by molar-refractivity contribution is -0.115. The summed E-state index contributed by atoms with van der Waals surface area (Å²) in [6.07, 6.45) is -6.47. The zero-order valence-electron chi connectivity index (χ0n) is 24.1. The predicted octanol–water partition coefficient (Wildman–Crippen LogP) is -2.57. The monoisotopic (exact) mass is 745 g/mol. The molecule has 5 heterocycles. The average molecular weight is 745 g/mol. The van der Waals surface area contributed by atoms with Crippen LogP contribution >= 0.6 is 23.5 Å². The third kappa shape index (κ3) is 8.17. The Morgan fingerprint density at radius 2 is 1.56 bits per heavy atom. The largest absolute Gasteiger partial charge is 0.481 e. The number of primary amides is 1. The maximum absolute atomic E-state index is 12.6. The molecule has 0 saturated carbocycles. The van der Waals surface area contributed by atoms with Crippen molar-refractivity contribution in [1.82, 2.24) is 24.4 Å². The fraction of sp³-hybridized carbons (Fsp3) is 0.524. The molecule has 24 nitrogen and oxygen atoms in total. The number of allylic oxidation sites excluding steroid dienone is 1. The molecule has 2 unspecified atom stereocenters. The highest BCUT2D eigenvalue weighted by atomic mass is 31.3. The van der Waals surface area contributed by atoms with Gasteiger partial charge in [0.15, 0.2) is 23.9 Å². The van der Waals surface area contributed by atoms with E-state index in [1.54, 1.807) is 0 Å². The Morgan fingerprint density at radius 3 is 2.19 bits per heavy atom. The molecule has 2 aromatic rings. The van der Waals surface area contributed by atoms with Crippen LogP contribution in [0.25, 0.3) is 11.2 Å². The third-order valence-electron chi connectivity index (χ3n) is 7.11. The van der Waals surface area contributed by atoms with Crippen LogP contribution in [0.2, 0.25) is 0 Å². The number of ether oxygens (including phenoxy) is 2. The number of hydrogen-bond donors (Lipinski definition) is 9. The third-order valence-corrected chi connectivity index (χ3v) is 10.2. The van der Waals surface area contributed by atoms with E-state index in [0.717, 1.165) is 17.2 Å². The van der Waals surface area contributed by atoms with E-state index in [2.05, 4.69) is 23.8 Å². The fourth-order valence-corrected chi connectivity index (χ4v) is 7.57. The van der Waals surface area contributed by atoms with Gasteiger partial charge in [0.1, 0.15) is 48.5 Å². The molecule has 0 spiro atoms. The van der Waals surface area contributed by atoms with Crippen LogP contribution in [0.4, 0.5) is 5.82 Å². The van der Waals surface area contributed by atoms with E-state index in [-0.39, 0.29) is 29.0 Å². The van der Waals surface area contributed by atoms with Crippen LogP contribution < -0.4 is 11.5 Å². The molecule has 10 atom stereocenters. The van der Waals surface area contributed by atoms with Gasteiger partial charge in [-0.2, -0.15) is 4.31 Å². The minimum Gasteiger partial charge on any atom is -0.387 e. The van der Waals surface area contributed by atoms with Gasteiger partial charge in [0.05, 0.1) is 19.5 Å². The summed E-state index contributed by atoms with van der Waals surface area (Å²) in [5.74, 6) is -0.791. The molecule has 2 aromatic heterocycles. The first-order chi connectivity index (χ1) is 22.4. The highest BCUT2D eigenvalue weighted by molar-refractivity contribution is 7.61. The number of aromatic nitrogens is 4. The zero-order valence-corrected chi connectivity index (χ0v) is 26.8. The summed E-state index contributed by atoms with van der Waals surface area (Å²) >= 11 is 0. The minimum atomic E-state index is -5.52. The number of amides is 1. The second kappa shape index (κ2) is 13.9. The van der Waals surface area contributed by atoms with Crippen molar-refractivity contribution in [2.75, 3.05) is 18.9 Å². The van der Waals surface area contributed by atoms with E-state index < -0.39 is 91.7 Å². The number of imidazole rings is 1. The first kappa shape index (κ1) is 36.5. The van der Waals surface area contributed by atoms with E-state index in [1.807, 2.05) is 0 Å². The van der Waals surface area contributed by atoms with Crippen molar-refractivity contribution in [3.8, 4) is 0 Å². The van der Waals surface area contributed by atoms with E-state index >= 15 is 0 Å². The number of anilines is 1. The molecule has 3 aliphatic heterocycles. The van der Waals surface area contributed by atoms with Gasteiger partial charge >= 0.3 is 23.5 Å². The number of nitrogen functional groups attached to an aromatic ring is 1. The lowest BCUT2D eigenvalue weighted by Gasteiger charge is -2.28. The number of aliphatic hydroxyl groups is 3. The van der Waals surface area contributed by atoms with Crippen LogP contribution in [-0.2, 0) is 45.8 Å². The first-order valence-corrected chi connectivity index (χ1v) is 18.0. The Hall–Kier alpha value is -2.73. The molecule has 266 valence electrons. The van der Waals surface area contributed by atoms with Gasteiger partial charge in [-0.05, 0) is 6.42 Å².